The number of hydrogen-bond donors (Lipinski definition) is 0. The molecule has 1 heterocycles. The molecule has 0 N–H and O–H groups in total. The Morgan fingerprint density at radius 2 is 2.42 bits per heavy atom. The van der Waals surface area contributed by atoms with Crippen LogP contribution in [-0.2, 0) is 4.79 Å². The summed E-state index contributed by atoms with van der Waals surface area (Å²) in [6.45, 7) is 1.94. The summed E-state index contributed by atoms with van der Waals surface area (Å²) in [6, 6.07) is 1.92. The molecule has 4 nitrogen and oxygen atoms in total. The third kappa shape index (κ3) is 0.708. The summed E-state index contributed by atoms with van der Waals surface area (Å²) in [5, 5.41) is 13.7. The average Bonchev–Trinajstić information content (AvgIpc) is 2.78. The molecule has 2 aliphatic rings. The SMILES string of the molecule is CC1=NN(CC#N)C(=O)C12CC2. The number of nitriles is 1. The minimum atomic E-state index is -0.281. The Balaban J connectivity index is 2.24. The van der Waals surface area contributed by atoms with Crippen molar-refractivity contribution in [2.75, 3.05) is 6.54 Å². The summed E-state index contributed by atoms with van der Waals surface area (Å²) in [6.07, 6.45) is 1.81. The molecular formula is C8H9N3O. The lowest BCUT2D eigenvalue weighted by Gasteiger charge is -2.08. The maximum absolute atomic E-state index is 11.6. The summed E-state index contributed by atoms with van der Waals surface area (Å²) in [4.78, 5) is 11.6. The molecule has 0 aromatic heterocycles. The molecule has 0 aromatic rings. The van der Waals surface area contributed by atoms with Gasteiger partial charge in [-0.05, 0) is 19.8 Å². The zero-order chi connectivity index (χ0) is 8.77. The predicted molar refractivity (Wildman–Crippen MR) is 42.1 cm³/mol. The third-order valence-corrected chi connectivity index (χ3v) is 2.58. The molecule has 12 heavy (non-hydrogen) atoms. The summed E-state index contributed by atoms with van der Waals surface area (Å²) >= 11 is 0. The van der Waals surface area contributed by atoms with Crippen LogP contribution in [0.15, 0.2) is 5.10 Å². The molecule has 0 radical (unpaired) electrons. The van der Waals surface area contributed by atoms with Crippen LogP contribution in [-0.4, -0.2) is 23.2 Å². The number of rotatable bonds is 1. The fourth-order valence-electron chi connectivity index (χ4n) is 1.60. The van der Waals surface area contributed by atoms with Crippen molar-refractivity contribution in [3.05, 3.63) is 0 Å². The van der Waals surface area contributed by atoms with Crippen LogP contribution in [0.4, 0.5) is 0 Å². The lowest BCUT2D eigenvalue weighted by atomic mass is 10.0. The first-order valence-electron chi connectivity index (χ1n) is 3.95. The van der Waals surface area contributed by atoms with Crippen LogP contribution >= 0.6 is 0 Å². The minimum Gasteiger partial charge on any atom is -0.272 e. The van der Waals surface area contributed by atoms with Crippen LogP contribution in [0, 0.1) is 16.7 Å². The highest BCUT2D eigenvalue weighted by molar-refractivity contribution is 6.13. The molecule has 1 amide bonds. The fourth-order valence-corrected chi connectivity index (χ4v) is 1.60. The molecule has 4 heteroatoms. The molecule has 2 rings (SSSR count). The van der Waals surface area contributed by atoms with Crippen molar-refractivity contribution in [3.8, 4) is 6.07 Å². The van der Waals surface area contributed by atoms with Crippen LogP contribution < -0.4 is 0 Å². The molecule has 0 saturated heterocycles. The Bertz CT molecular complexity index is 309. The first-order chi connectivity index (χ1) is 5.70. The number of hydrogen-bond acceptors (Lipinski definition) is 3. The molecule has 1 aliphatic heterocycles. The second-order valence-corrected chi connectivity index (χ2v) is 3.29. The van der Waals surface area contributed by atoms with Crippen LogP contribution in [0.3, 0.4) is 0 Å². The van der Waals surface area contributed by atoms with E-state index in [0.29, 0.717) is 0 Å². The Hall–Kier alpha value is -1.37. The van der Waals surface area contributed by atoms with Gasteiger partial charge < -0.3 is 0 Å². The fraction of sp³-hybridized carbons (Fsp3) is 0.625. The molecule has 0 aromatic carbocycles. The Morgan fingerprint density at radius 1 is 1.75 bits per heavy atom. The number of hydrazone groups is 1. The zero-order valence-corrected chi connectivity index (χ0v) is 6.87. The zero-order valence-electron chi connectivity index (χ0n) is 6.87. The monoisotopic (exact) mass is 163 g/mol. The molecule has 0 atom stereocenters. The molecule has 0 bridgehead atoms. The van der Waals surface area contributed by atoms with Crippen molar-refractivity contribution in [2.45, 2.75) is 19.8 Å². The van der Waals surface area contributed by atoms with Crippen molar-refractivity contribution in [2.24, 2.45) is 10.5 Å². The van der Waals surface area contributed by atoms with Crippen LogP contribution in [0.1, 0.15) is 19.8 Å². The highest BCUT2D eigenvalue weighted by Crippen LogP contribution is 2.51. The number of carbonyl (C=O) groups excluding carboxylic acids is 1. The van der Waals surface area contributed by atoms with Crippen molar-refractivity contribution in [1.82, 2.24) is 5.01 Å². The van der Waals surface area contributed by atoms with Gasteiger partial charge >= 0.3 is 0 Å². The topological polar surface area (TPSA) is 56.5 Å². The van der Waals surface area contributed by atoms with E-state index >= 15 is 0 Å². The highest BCUT2D eigenvalue weighted by atomic mass is 16.2. The van der Waals surface area contributed by atoms with Crippen LogP contribution in [0.5, 0.6) is 0 Å². The van der Waals surface area contributed by atoms with Gasteiger partial charge in [-0.2, -0.15) is 10.4 Å². The van der Waals surface area contributed by atoms with Gasteiger partial charge in [-0.1, -0.05) is 0 Å². The molecule has 1 aliphatic carbocycles. The van der Waals surface area contributed by atoms with Gasteiger partial charge in [-0.15, -0.1) is 0 Å². The first kappa shape index (κ1) is 7.29. The van der Waals surface area contributed by atoms with Gasteiger partial charge in [-0.25, -0.2) is 5.01 Å². The van der Waals surface area contributed by atoms with Gasteiger partial charge in [0.2, 0.25) is 0 Å². The van der Waals surface area contributed by atoms with Crippen molar-refractivity contribution < 1.29 is 4.79 Å². The smallest absolute Gasteiger partial charge is 0.255 e. The summed E-state index contributed by atoms with van der Waals surface area (Å²) in [5.41, 5.74) is 0.597. The number of nitrogens with zero attached hydrogens (tertiary/aromatic N) is 3. The Labute approximate surface area is 70.5 Å². The second-order valence-electron chi connectivity index (χ2n) is 3.29. The molecule has 1 spiro atoms. The largest absolute Gasteiger partial charge is 0.272 e. The van der Waals surface area contributed by atoms with Gasteiger partial charge in [0, 0.05) is 0 Å². The number of amides is 1. The van der Waals surface area contributed by atoms with E-state index in [4.69, 9.17) is 5.26 Å². The van der Waals surface area contributed by atoms with Crippen molar-refractivity contribution in [3.63, 3.8) is 0 Å². The maximum atomic E-state index is 11.6. The first-order valence-corrected chi connectivity index (χ1v) is 3.95. The van der Waals surface area contributed by atoms with Crippen molar-refractivity contribution in [1.29, 1.82) is 5.26 Å². The van der Waals surface area contributed by atoms with Crippen molar-refractivity contribution >= 4 is 11.6 Å². The standard InChI is InChI=1S/C8H9N3O/c1-6-8(2-3-8)7(12)11(10-6)5-4-9/h2-3,5H2,1H3. The van der Waals surface area contributed by atoms with E-state index in [1.165, 1.54) is 5.01 Å². The second kappa shape index (κ2) is 2.07. The Kier molecular flexibility index (Phi) is 1.26. The van der Waals surface area contributed by atoms with Gasteiger partial charge in [0.1, 0.15) is 6.54 Å². The van der Waals surface area contributed by atoms with Gasteiger partial charge in [-0.3, -0.25) is 4.79 Å². The maximum Gasteiger partial charge on any atom is 0.255 e. The quantitative estimate of drug-likeness (QED) is 0.529. The Morgan fingerprint density at radius 3 is 2.83 bits per heavy atom. The average molecular weight is 163 g/mol. The van der Waals surface area contributed by atoms with Gasteiger partial charge in [0.25, 0.3) is 5.91 Å². The third-order valence-electron chi connectivity index (χ3n) is 2.58. The molecule has 1 fully saturated rings. The van der Waals surface area contributed by atoms with Gasteiger partial charge in [0.05, 0.1) is 17.2 Å². The van der Waals surface area contributed by atoms with E-state index in [-0.39, 0.29) is 17.9 Å². The van der Waals surface area contributed by atoms with E-state index in [1.54, 1.807) is 0 Å². The van der Waals surface area contributed by atoms with E-state index < -0.39 is 0 Å². The lowest BCUT2D eigenvalue weighted by molar-refractivity contribution is -0.132. The molecule has 1 saturated carbocycles. The van der Waals surface area contributed by atoms with E-state index in [1.807, 2.05) is 13.0 Å². The summed E-state index contributed by atoms with van der Waals surface area (Å²) in [7, 11) is 0. The van der Waals surface area contributed by atoms with Crippen LogP contribution in [0.2, 0.25) is 0 Å². The highest BCUT2D eigenvalue weighted by Gasteiger charge is 2.58. The van der Waals surface area contributed by atoms with Crippen LogP contribution in [0.25, 0.3) is 0 Å². The normalized spacial score (nSPS) is 24.2. The van der Waals surface area contributed by atoms with E-state index in [0.717, 1.165) is 18.6 Å². The van der Waals surface area contributed by atoms with Gasteiger partial charge in [0.15, 0.2) is 0 Å². The predicted octanol–water partition coefficient (Wildman–Crippen LogP) is 0.508. The number of carbonyl (C=O) groups is 1. The molecule has 0 unspecified atom stereocenters. The minimum absolute atomic E-state index is 0.0153. The van der Waals surface area contributed by atoms with E-state index in [9.17, 15) is 4.79 Å². The summed E-state index contributed by atoms with van der Waals surface area (Å²) in [5.74, 6) is 0.0153. The molecule has 62 valence electrons. The molecular weight excluding hydrogens is 154 g/mol. The summed E-state index contributed by atoms with van der Waals surface area (Å²) < 4.78 is 0. The van der Waals surface area contributed by atoms with E-state index in [2.05, 4.69) is 5.10 Å². The lowest BCUT2D eigenvalue weighted by Crippen LogP contribution is -2.28.